The number of nitrogens with one attached hydrogen (secondary N) is 2. The number of aliphatic hydroxyl groups is 2. The van der Waals surface area contributed by atoms with Gasteiger partial charge in [0.05, 0.1) is 33.8 Å². The second kappa shape index (κ2) is 12.5. The number of anilines is 1. The highest BCUT2D eigenvalue weighted by molar-refractivity contribution is 7.92. The van der Waals surface area contributed by atoms with Crippen molar-refractivity contribution in [2.24, 2.45) is 11.8 Å². The summed E-state index contributed by atoms with van der Waals surface area (Å²) in [5.41, 5.74) is -2.02. The Hall–Kier alpha value is -2.67. The Labute approximate surface area is 235 Å². The predicted molar refractivity (Wildman–Crippen MR) is 143 cm³/mol. The minimum atomic E-state index is -4.14. The lowest BCUT2D eigenvalue weighted by atomic mass is 9.66. The van der Waals surface area contributed by atoms with Gasteiger partial charge in [-0.2, -0.15) is 0 Å². The zero-order valence-corrected chi connectivity index (χ0v) is 23.8. The Morgan fingerprint density at radius 3 is 2.35 bits per heavy atom. The maximum atomic E-state index is 13.7. The molecule has 1 aliphatic rings. The zero-order chi connectivity index (χ0) is 30.0. The Balaban J connectivity index is 1.86. The van der Waals surface area contributed by atoms with Gasteiger partial charge in [0.25, 0.3) is 5.91 Å². The van der Waals surface area contributed by atoms with E-state index in [1.165, 1.54) is 12.1 Å². The molecule has 2 unspecified atom stereocenters. The Kier molecular flexibility index (Phi) is 9.92. The van der Waals surface area contributed by atoms with Crippen molar-refractivity contribution >= 4 is 38.9 Å². The third kappa shape index (κ3) is 6.62. The molecule has 40 heavy (non-hydrogen) atoms. The molecule has 5 atom stereocenters. The van der Waals surface area contributed by atoms with Crippen LogP contribution >= 0.6 is 11.6 Å². The number of rotatable bonds is 9. The molecule has 0 spiro atoms. The lowest BCUT2D eigenvalue weighted by molar-refractivity contribution is -0.138. The fourth-order valence-electron chi connectivity index (χ4n) is 5.21. The lowest BCUT2D eigenvalue weighted by Gasteiger charge is -2.47. The van der Waals surface area contributed by atoms with Gasteiger partial charge in [-0.1, -0.05) is 31.9 Å². The summed E-state index contributed by atoms with van der Waals surface area (Å²) in [7, 11) is -4.14. The second-order valence-electron chi connectivity index (χ2n) is 10.3. The van der Waals surface area contributed by atoms with Crippen molar-refractivity contribution in [3.05, 3.63) is 58.4 Å². The third-order valence-corrected chi connectivity index (χ3v) is 10.2. The molecule has 8 nitrogen and oxygen atoms in total. The molecule has 0 saturated heterocycles. The van der Waals surface area contributed by atoms with Crippen LogP contribution in [0.1, 0.15) is 56.8 Å². The van der Waals surface area contributed by atoms with E-state index in [4.69, 9.17) is 11.6 Å². The SMILES string of the molecule is CCC1C[C@@H](S(=O)(=O)c2cc(C(=O)Nc3cc(F)c(F)c(F)c3)ccc2Cl)C[C@H](C)[C@@]1(O)CC(=O)NC(C)CO. The molecule has 0 bridgehead atoms. The fraction of sp³-hybridized carbons (Fsp3) is 0.481. The van der Waals surface area contributed by atoms with E-state index < -0.39 is 67.8 Å². The van der Waals surface area contributed by atoms with Gasteiger partial charge in [-0.15, -0.1) is 0 Å². The number of sulfone groups is 1. The molecule has 3 rings (SSSR count). The predicted octanol–water partition coefficient (Wildman–Crippen LogP) is 4.23. The van der Waals surface area contributed by atoms with Crippen molar-refractivity contribution < 1.29 is 41.4 Å². The molecule has 1 fully saturated rings. The summed E-state index contributed by atoms with van der Waals surface area (Å²) in [4.78, 5) is 24.9. The van der Waals surface area contributed by atoms with Gasteiger partial charge in [-0.05, 0) is 49.8 Å². The quantitative estimate of drug-likeness (QED) is 0.317. The molecule has 0 radical (unpaired) electrons. The van der Waals surface area contributed by atoms with Gasteiger partial charge in [-0.3, -0.25) is 9.59 Å². The summed E-state index contributed by atoms with van der Waals surface area (Å²) in [5.74, 6) is -7.23. The number of carbonyl (C=O) groups excluding carboxylic acids is 2. The van der Waals surface area contributed by atoms with Gasteiger partial charge in [0.15, 0.2) is 27.3 Å². The normalized spacial score (nSPS) is 23.9. The van der Waals surface area contributed by atoms with E-state index in [2.05, 4.69) is 10.6 Å². The largest absolute Gasteiger partial charge is 0.394 e. The van der Waals surface area contributed by atoms with Crippen LogP contribution in [-0.4, -0.2) is 53.9 Å². The lowest BCUT2D eigenvalue weighted by Crippen LogP contribution is -2.54. The van der Waals surface area contributed by atoms with Crippen molar-refractivity contribution in [1.82, 2.24) is 5.32 Å². The highest BCUT2D eigenvalue weighted by atomic mass is 35.5. The summed E-state index contributed by atoms with van der Waals surface area (Å²) in [5, 5.41) is 24.4. The molecule has 13 heteroatoms. The molecule has 4 N–H and O–H groups in total. The van der Waals surface area contributed by atoms with Gasteiger partial charge in [0.1, 0.15) is 0 Å². The average molecular weight is 605 g/mol. The monoisotopic (exact) mass is 604 g/mol. The van der Waals surface area contributed by atoms with E-state index in [9.17, 15) is 41.4 Å². The summed E-state index contributed by atoms with van der Waals surface area (Å²) < 4.78 is 67.8. The number of amides is 2. The minimum absolute atomic E-state index is 0.0129. The topological polar surface area (TPSA) is 133 Å². The van der Waals surface area contributed by atoms with Crippen LogP contribution in [0.5, 0.6) is 0 Å². The van der Waals surface area contributed by atoms with Crippen molar-refractivity contribution in [3.8, 4) is 0 Å². The molecule has 1 aliphatic carbocycles. The van der Waals surface area contributed by atoms with Crippen LogP contribution in [0.15, 0.2) is 35.2 Å². The Morgan fingerprint density at radius 1 is 1.15 bits per heavy atom. The summed E-state index contributed by atoms with van der Waals surface area (Å²) >= 11 is 6.24. The number of carbonyl (C=O) groups is 2. The number of aliphatic hydroxyl groups excluding tert-OH is 1. The maximum absolute atomic E-state index is 13.7. The van der Waals surface area contributed by atoms with Gasteiger partial charge in [-0.25, -0.2) is 21.6 Å². The molecule has 0 aliphatic heterocycles. The standard InChI is InChI=1S/C27H32ClF3N2O6S/c1-4-17-9-19(7-14(2)27(17,37)12-24(35)32-15(3)13-34)40(38,39)23-8-16(5-6-20(23)28)26(36)33-18-10-21(29)25(31)22(30)11-18/h5-6,8,10-11,14-15,17,19,34,37H,4,7,9,12-13H2,1-3H3,(H,32,35)(H,33,36)/t14-,15?,17?,19-,27-/m0/s1. The van der Waals surface area contributed by atoms with Gasteiger partial charge >= 0.3 is 0 Å². The first-order valence-corrected chi connectivity index (χ1v) is 14.7. The average Bonchev–Trinajstić information content (AvgIpc) is 2.88. The molecule has 2 aromatic rings. The smallest absolute Gasteiger partial charge is 0.255 e. The highest BCUT2D eigenvalue weighted by Gasteiger charge is 2.50. The van der Waals surface area contributed by atoms with Gasteiger partial charge in [0, 0.05) is 29.4 Å². The highest BCUT2D eigenvalue weighted by Crippen LogP contribution is 2.46. The van der Waals surface area contributed by atoms with Crippen LogP contribution in [-0.2, 0) is 14.6 Å². The number of benzene rings is 2. The first-order chi connectivity index (χ1) is 18.6. The molecule has 2 aromatic carbocycles. The summed E-state index contributed by atoms with van der Waals surface area (Å²) in [6.07, 6.45) is 0.171. The van der Waals surface area contributed by atoms with E-state index in [1.807, 2.05) is 0 Å². The van der Waals surface area contributed by atoms with Crippen LogP contribution in [0, 0.1) is 29.3 Å². The molecular weight excluding hydrogens is 573 g/mol. The first kappa shape index (κ1) is 31.9. The van der Waals surface area contributed by atoms with E-state index in [1.54, 1.807) is 20.8 Å². The van der Waals surface area contributed by atoms with Crippen LogP contribution in [0.4, 0.5) is 18.9 Å². The second-order valence-corrected chi connectivity index (χ2v) is 12.9. The summed E-state index contributed by atoms with van der Waals surface area (Å²) in [6.45, 7) is 4.79. The third-order valence-electron chi connectivity index (χ3n) is 7.52. The molecular formula is C27H32ClF3N2O6S. The fourth-order valence-corrected chi connectivity index (χ4v) is 7.67. The van der Waals surface area contributed by atoms with Crippen LogP contribution in [0.3, 0.4) is 0 Å². The molecule has 220 valence electrons. The van der Waals surface area contributed by atoms with E-state index in [0.717, 1.165) is 6.07 Å². The first-order valence-electron chi connectivity index (χ1n) is 12.8. The maximum Gasteiger partial charge on any atom is 0.255 e. The number of hydrogen-bond donors (Lipinski definition) is 4. The van der Waals surface area contributed by atoms with E-state index >= 15 is 0 Å². The van der Waals surface area contributed by atoms with Crippen molar-refractivity contribution in [3.63, 3.8) is 0 Å². The van der Waals surface area contributed by atoms with Crippen LogP contribution in [0.2, 0.25) is 5.02 Å². The van der Waals surface area contributed by atoms with Crippen molar-refractivity contribution in [2.45, 2.75) is 68.2 Å². The van der Waals surface area contributed by atoms with Crippen LogP contribution in [0.25, 0.3) is 0 Å². The van der Waals surface area contributed by atoms with Crippen molar-refractivity contribution in [1.29, 1.82) is 0 Å². The Bertz CT molecular complexity index is 1370. The van der Waals surface area contributed by atoms with Crippen molar-refractivity contribution in [2.75, 3.05) is 11.9 Å². The number of halogens is 4. The summed E-state index contributed by atoms with van der Waals surface area (Å²) in [6, 6.07) is 4.17. The molecule has 2 amide bonds. The van der Waals surface area contributed by atoms with Gasteiger partial charge in [0.2, 0.25) is 5.91 Å². The molecule has 1 saturated carbocycles. The van der Waals surface area contributed by atoms with E-state index in [0.29, 0.717) is 18.6 Å². The van der Waals surface area contributed by atoms with Gasteiger partial charge < -0.3 is 20.8 Å². The minimum Gasteiger partial charge on any atom is -0.394 e. The molecule has 0 aromatic heterocycles. The molecule has 0 heterocycles. The van der Waals surface area contributed by atoms with Crippen LogP contribution < -0.4 is 10.6 Å². The zero-order valence-electron chi connectivity index (χ0n) is 22.2. The van der Waals surface area contributed by atoms with E-state index in [-0.39, 0.29) is 47.0 Å². The Morgan fingerprint density at radius 2 is 1.77 bits per heavy atom. The number of hydrogen-bond acceptors (Lipinski definition) is 6.